The summed E-state index contributed by atoms with van der Waals surface area (Å²) in [5.74, 6) is -0.846. The third-order valence-corrected chi connectivity index (χ3v) is 6.61. The highest BCUT2D eigenvalue weighted by atomic mass is 35.5. The van der Waals surface area contributed by atoms with Crippen molar-refractivity contribution in [2.24, 2.45) is 5.92 Å². The fraction of sp³-hybridized carbons (Fsp3) is 0.240. The van der Waals surface area contributed by atoms with Crippen molar-refractivity contribution in [3.63, 3.8) is 0 Å². The van der Waals surface area contributed by atoms with Crippen LogP contribution in [0.2, 0.25) is 5.02 Å². The molecule has 1 aliphatic rings. The molecule has 1 N–H and O–H groups in total. The van der Waals surface area contributed by atoms with Crippen molar-refractivity contribution in [2.75, 3.05) is 18.0 Å². The maximum atomic E-state index is 12.9. The number of non-ortho nitro benzene ring substituents is 1. The number of fused-ring (bicyclic) bond motifs is 1. The molecule has 5 rings (SSSR count). The van der Waals surface area contributed by atoms with E-state index in [-0.39, 0.29) is 55.7 Å². The fourth-order valence-electron chi connectivity index (χ4n) is 4.42. The van der Waals surface area contributed by atoms with Crippen LogP contribution in [0, 0.1) is 16.0 Å². The molecule has 1 saturated heterocycles. The highest BCUT2D eigenvalue weighted by Gasteiger charge is 2.35. The lowest BCUT2D eigenvalue weighted by atomic mass is 10.1. The van der Waals surface area contributed by atoms with Crippen molar-refractivity contribution >= 4 is 45.8 Å². The van der Waals surface area contributed by atoms with Crippen molar-refractivity contribution in [1.29, 1.82) is 0 Å². The number of nitro benzene ring substituents is 1. The third kappa shape index (κ3) is 5.11. The number of nitrogens with one attached hydrogen (secondary N) is 1. The summed E-state index contributed by atoms with van der Waals surface area (Å²) in [7, 11) is 0. The quantitative estimate of drug-likeness (QED) is 0.269. The molecule has 1 fully saturated rings. The largest absolute Gasteiger partial charge is 0.354 e. The average molecular weight is 536 g/mol. The standard InChI is InChI=1S/C25H22ClN7O5/c26-18-4-6-19(7-5-18)31-14-17(11-22(31)34)24(35)27-8-9-32-23-21(12-29-32)25(36)30(15-28-23)13-16-2-1-3-20(10-16)33(37)38/h1-7,10,12,15,17H,8-9,11,13-14H2,(H,27,35). The maximum Gasteiger partial charge on any atom is 0.269 e. The summed E-state index contributed by atoms with van der Waals surface area (Å²) in [4.78, 5) is 54.5. The molecule has 38 heavy (non-hydrogen) atoms. The SMILES string of the molecule is O=C(NCCn1ncc2c(=O)n(Cc3cccc([N+](=O)[O-])c3)cnc21)C1CC(=O)N(c2ccc(Cl)cc2)C1. The van der Waals surface area contributed by atoms with Gasteiger partial charge in [-0.1, -0.05) is 23.7 Å². The van der Waals surface area contributed by atoms with Gasteiger partial charge in [0, 0.05) is 42.4 Å². The number of benzene rings is 2. The Morgan fingerprint density at radius 1 is 1.18 bits per heavy atom. The van der Waals surface area contributed by atoms with Gasteiger partial charge < -0.3 is 10.2 Å². The topological polar surface area (TPSA) is 145 Å². The maximum absolute atomic E-state index is 12.9. The van der Waals surface area contributed by atoms with E-state index in [1.807, 2.05) is 0 Å². The van der Waals surface area contributed by atoms with Crippen molar-refractivity contribution in [3.8, 4) is 0 Å². The van der Waals surface area contributed by atoms with Gasteiger partial charge in [-0.2, -0.15) is 5.10 Å². The zero-order valence-electron chi connectivity index (χ0n) is 20.0. The Bertz CT molecular complexity index is 1600. The molecular formula is C25H22ClN7O5. The number of anilines is 1. The summed E-state index contributed by atoms with van der Waals surface area (Å²) in [5.41, 5.74) is 1.27. The molecule has 0 bridgehead atoms. The first-order valence-electron chi connectivity index (χ1n) is 11.8. The minimum absolute atomic E-state index is 0.0564. The van der Waals surface area contributed by atoms with Crippen LogP contribution >= 0.6 is 11.6 Å². The summed E-state index contributed by atoms with van der Waals surface area (Å²) in [6.07, 6.45) is 2.90. The molecule has 1 atom stereocenters. The molecular weight excluding hydrogens is 514 g/mol. The van der Waals surface area contributed by atoms with Gasteiger partial charge in [0.25, 0.3) is 11.2 Å². The van der Waals surface area contributed by atoms with E-state index in [0.717, 1.165) is 0 Å². The van der Waals surface area contributed by atoms with Crippen molar-refractivity contribution in [1.82, 2.24) is 24.6 Å². The van der Waals surface area contributed by atoms with Crippen LogP contribution in [0.3, 0.4) is 0 Å². The number of rotatable bonds is 8. The summed E-state index contributed by atoms with van der Waals surface area (Å²) < 4.78 is 2.88. The van der Waals surface area contributed by atoms with Gasteiger partial charge >= 0.3 is 0 Å². The molecule has 194 valence electrons. The smallest absolute Gasteiger partial charge is 0.269 e. The summed E-state index contributed by atoms with van der Waals surface area (Å²) in [5, 5.41) is 18.9. The second-order valence-electron chi connectivity index (χ2n) is 8.88. The molecule has 2 aromatic carbocycles. The van der Waals surface area contributed by atoms with Gasteiger partial charge in [-0.15, -0.1) is 0 Å². The Morgan fingerprint density at radius 3 is 2.74 bits per heavy atom. The molecule has 1 aliphatic heterocycles. The van der Waals surface area contributed by atoms with Crippen LogP contribution in [0.5, 0.6) is 0 Å². The van der Waals surface area contributed by atoms with Crippen LogP contribution in [0.15, 0.2) is 65.8 Å². The summed E-state index contributed by atoms with van der Waals surface area (Å²) >= 11 is 5.92. The minimum atomic E-state index is -0.489. The molecule has 0 saturated carbocycles. The Kier molecular flexibility index (Phi) is 6.88. The highest BCUT2D eigenvalue weighted by molar-refractivity contribution is 6.30. The molecule has 2 aromatic heterocycles. The molecule has 3 heterocycles. The Morgan fingerprint density at radius 2 is 1.97 bits per heavy atom. The van der Waals surface area contributed by atoms with Gasteiger partial charge in [0.1, 0.15) is 11.7 Å². The van der Waals surface area contributed by atoms with E-state index in [1.165, 1.54) is 33.9 Å². The van der Waals surface area contributed by atoms with Crippen LogP contribution in [-0.2, 0) is 22.7 Å². The second-order valence-corrected chi connectivity index (χ2v) is 9.32. The zero-order chi connectivity index (χ0) is 26.8. The average Bonchev–Trinajstić information content (AvgIpc) is 3.50. The molecule has 12 nitrogen and oxygen atoms in total. The van der Waals surface area contributed by atoms with E-state index in [2.05, 4.69) is 15.4 Å². The second kappa shape index (κ2) is 10.4. The summed E-state index contributed by atoms with van der Waals surface area (Å²) in [6.45, 7) is 0.915. The van der Waals surface area contributed by atoms with E-state index < -0.39 is 10.8 Å². The minimum Gasteiger partial charge on any atom is -0.354 e. The lowest BCUT2D eigenvalue weighted by Crippen LogP contribution is -2.35. The van der Waals surface area contributed by atoms with Crippen LogP contribution in [-0.4, -0.2) is 49.2 Å². The van der Waals surface area contributed by atoms with Crippen LogP contribution in [0.25, 0.3) is 11.0 Å². The van der Waals surface area contributed by atoms with Gasteiger partial charge in [0.05, 0.1) is 30.1 Å². The Hall–Kier alpha value is -4.58. The van der Waals surface area contributed by atoms with Crippen LogP contribution < -0.4 is 15.8 Å². The number of nitro groups is 1. The van der Waals surface area contributed by atoms with Gasteiger partial charge in [0.2, 0.25) is 11.8 Å². The number of carbonyl (C=O) groups is 2. The number of halogens is 1. The van der Waals surface area contributed by atoms with E-state index in [4.69, 9.17) is 11.6 Å². The number of carbonyl (C=O) groups excluding carboxylic acids is 2. The third-order valence-electron chi connectivity index (χ3n) is 6.35. The fourth-order valence-corrected chi connectivity index (χ4v) is 4.55. The predicted octanol–water partition coefficient (Wildman–Crippen LogP) is 2.37. The van der Waals surface area contributed by atoms with Gasteiger partial charge in [0.15, 0.2) is 5.65 Å². The molecule has 0 spiro atoms. The monoisotopic (exact) mass is 535 g/mol. The van der Waals surface area contributed by atoms with E-state index in [0.29, 0.717) is 27.3 Å². The highest BCUT2D eigenvalue weighted by Crippen LogP contribution is 2.26. The molecule has 0 radical (unpaired) electrons. The van der Waals surface area contributed by atoms with Gasteiger partial charge in [-0.05, 0) is 29.8 Å². The molecule has 1 unspecified atom stereocenters. The Balaban J connectivity index is 1.20. The van der Waals surface area contributed by atoms with Crippen LogP contribution in [0.4, 0.5) is 11.4 Å². The Labute approximate surface area is 220 Å². The number of nitrogens with zero attached hydrogens (tertiary/aromatic N) is 6. The number of hydrogen-bond donors (Lipinski definition) is 1. The first-order valence-corrected chi connectivity index (χ1v) is 12.2. The normalized spacial score (nSPS) is 15.2. The van der Waals surface area contributed by atoms with E-state index in [9.17, 15) is 24.5 Å². The van der Waals surface area contributed by atoms with Crippen LogP contribution in [0.1, 0.15) is 12.0 Å². The first-order chi connectivity index (χ1) is 18.3. The van der Waals surface area contributed by atoms with E-state index >= 15 is 0 Å². The van der Waals surface area contributed by atoms with Gasteiger partial charge in [-0.3, -0.25) is 29.1 Å². The first kappa shape index (κ1) is 25.1. The van der Waals surface area contributed by atoms with Gasteiger partial charge in [-0.25, -0.2) is 9.67 Å². The molecule has 4 aromatic rings. The number of hydrogen-bond acceptors (Lipinski definition) is 7. The lowest BCUT2D eigenvalue weighted by molar-refractivity contribution is -0.384. The summed E-state index contributed by atoms with van der Waals surface area (Å²) in [6, 6.07) is 12.9. The van der Waals surface area contributed by atoms with Crippen molar-refractivity contribution < 1.29 is 14.5 Å². The molecule has 13 heteroatoms. The van der Waals surface area contributed by atoms with Crippen molar-refractivity contribution in [2.45, 2.75) is 19.5 Å². The van der Waals surface area contributed by atoms with Crippen molar-refractivity contribution in [3.05, 3.63) is 92.1 Å². The lowest BCUT2D eigenvalue weighted by Gasteiger charge is -2.16. The zero-order valence-corrected chi connectivity index (χ0v) is 20.7. The number of amides is 2. The molecule has 2 amide bonds. The predicted molar refractivity (Wildman–Crippen MR) is 139 cm³/mol. The molecule has 0 aliphatic carbocycles. The van der Waals surface area contributed by atoms with E-state index in [1.54, 1.807) is 41.3 Å². The number of aromatic nitrogens is 4.